The van der Waals surface area contributed by atoms with Crippen LogP contribution in [0.5, 0.6) is 11.5 Å². The Morgan fingerprint density at radius 3 is 2.19 bits per heavy atom. The molecular formula is C27H30ClNO2. The number of rotatable bonds is 4. The number of hydrogen-bond acceptors (Lipinski definition) is 3. The van der Waals surface area contributed by atoms with Crippen molar-refractivity contribution in [1.82, 2.24) is 4.90 Å². The van der Waals surface area contributed by atoms with Crippen LogP contribution in [0.15, 0.2) is 66.7 Å². The van der Waals surface area contributed by atoms with E-state index in [1.165, 1.54) is 27.8 Å². The zero-order valence-corrected chi connectivity index (χ0v) is 19.2. The number of fused-ring (bicyclic) bond motifs is 5. The summed E-state index contributed by atoms with van der Waals surface area (Å²) >= 11 is 0. The van der Waals surface area contributed by atoms with Gasteiger partial charge >= 0.3 is 0 Å². The summed E-state index contributed by atoms with van der Waals surface area (Å²) in [6.07, 6.45) is 1.15. The third kappa shape index (κ3) is 3.81. The fourth-order valence-corrected chi connectivity index (χ4v) is 5.48. The summed E-state index contributed by atoms with van der Waals surface area (Å²) in [7, 11) is 3.45. The first-order valence-electron chi connectivity index (χ1n) is 10.8. The summed E-state index contributed by atoms with van der Waals surface area (Å²) in [6, 6.07) is 24.7. The van der Waals surface area contributed by atoms with Crippen LogP contribution >= 0.6 is 12.4 Å². The zero-order valence-electron chi connectivity index (χ0n) is 18.4. The molecule has 0 amide bonds. The third-order valence-electron chi connectivity index (χ3n) is 6.90. The summed E-state index contributed by atoms with van der Waals surface area (Å²) in [4.78, 5) is 2.68. The van der Waals surface area contributed by atoms with E-state index in [1.54, 1.807) is 14.2 Å². The minimum Gasteiger partial charge on any atom is -0.493 e. The van der Waals surface area contributed by atoms with Crippen molar-refractivity contribution in [3.05, 3.63) is 94.5 Å². The van der Waals surface area contributed by atoms with Gasteiger partial charge in [-0.25, -0.2) is 0 Å². The fraction of sp³-hybridized carbons (Fsp3) is 0.333. The van der Waals surface area contributed by atoms with E-state index >= 15 is 0 Å². The van der Waals surface area contributed by atoms with E-state index < -0.39 is 0 Å². The molecule has 0 radical (unpaired) electrons. The van der Waals surface area contributed by atoms with Crippen molar-refractivity contribution in [3.8, 4) is 11.5 Å². The summed E-state index contributed by atoms with van der Waals surface area (Å²) in [6.45, 7) is 4.33. The molecule has 31 heavy (non-hydrogen) atoms. The van der Waals surface area contributed by atoms with E-state index in [2.05, 4.69) is 78.6 Å². The van der Waals surface area contributed by atoms with Crippen LogP contribution in [0.3, 0.4) is 0 Å². The minimum absolute atomic E-state index is 0. The van der Waals surface area contributed by atoms with Crippen molar-refractivity contribution >= 4 is 12.4 Å². The monoisotopic (exact) mass is 435 g/mol. The Labute approximate surface area is 191 Å². The molecule has 1 aliphatic carbocycles. The predicted molar refractivity (Wildman–Crippen MR) is 128 cm³/mol. The maximum absolute atomic E-state index is 5.69. The second kappa shape index (κ2) is 8.94. The van der Waals surface area contributed by atoms with Crippen molar-refractivity contribution in [2.24, 2.45) is 0 Å². The van der Waals surface area contributed by atoms with Gasteiger partial charge in [0.15, 0.2) is 11.5 Å². The van der Waals surface area contributed by atoms with E-state index in [4.69, 9.17) is 9.47 Å². The highest BCUT2D eigenvalue weighted by Crippen LogP contribution is 2.50. The average molecular weight is 436 g/mol. The molecule has 4 heteroatoms. The Balaban J connectivity index is 0.00000231. The van der Waals surface area contributed by atoms with Crippen LogP contribution in [0, 0.1) is 0 Å². The molecule has 0 spiro atoms. The van der Waals surface area contributed by atoms with Gasteiger partial charge < -0.3 is 9.47 Å². The van der Waals surface area contributed by atoms with E-state index in [-0.39, 0.29) is 12.4 Å². The van der Waals surface area contributed by atoms with Gasteiger partial charge in [-0.1, -0.05) is 61.5 Å². The molecular weight excluding hydrogens is 406 g/mol. The van der Waals surface area contributed by atoms with Crippen LogP contribution in [0.1, 0.15) is 53.0 Å². The van der Waals surface area contributed by atoms with Gasteiger partial charge in [0, 0.05) is 25.0 Å². The fourth-order valence-electron chi connectivity index (χ4n) is 5.48. The lowest BCUT2D eigenvalue weighted by molar-refractivity contribution is 0.125. The number of halogens is 1. The van der Waals surface area contributed by atoms with Crippen molar-refractivity contribution in [2.75, 3.05) is 14.2 Å². The number of methoxy groups -OCH3 is 2. The van der Waals surface area contributed by atoms with E-state index in [0.29, 0.717) is 17.9 Å². The Morgan fingerprint density at radius 2 is 1.48 bits per heavy atom. The quantitative estimate of drug-likeness (QED) is 0.490. The molecule has 162 valence electrons. The summed E-state index contributed by atoms with van der Waals surface area (Å²) in [5, 5.41) is 0. The van der Waals surface area contributed by atoms with Crippen molar-refractivity contribution in [3.63, 3.8) is 0 Å². The summed E-state index contributed by atoms with van der Waals surface area (Å²) in [5.74, 6) is 2.47. The molecule has 1 aliphatic heterocycles. The van der Waals surface area contributed by atoms with Gasteiger partial charge in [-0.15, -0.1) is 12.4 Å². The number of ether oxygens (including phenoxy) is 2. The third-order valence-corrected chi connectivity index (χ3v) is 6.90. The summed E-state index contributed by atoms with van der Waals surface area (Å²) in [5.41, 5.74) is 7.06. The first-order chi connectivity index (χ1) is 14.7. The molecule has 5 rings (SSSR count). The second-order valence-corrected chi connectivity index (χ2v) is 8.61. The van der Waals surface area contributed by atoms with Crippen LogP contribution in [0.4, 0.5) is 0 Å². The molecule has 0 saturated heterocycles. The Bertz CT molecular complexity index is 1050. The normalized spacial score (nSPS) is 21.8. The molecule has 1 heterocycles. The lowest BCUT2D eigenvalue weighted by atomic mass is 9.68. The lowest BCUT2D eigenvalue weighted by Crippen LogP contribution is -2.46. The lowest BCUT2D eigenvalue weighted by Gasteiger charge is -2.47. The highest BCUT2D eigenvalue weighted by molar-refractivity contribution is 5.85. The van der Waals surface area contributed by atoms with Gasteiger partial charge in [0.1, 0.15) is 0 Å². The molecule has 3 aromatic carbocycles. The van der Waals surface area contributed by atoms with Gasteiger partial charge in [0.25, 0.3) is 0 Å². The summed E-state index contributed by atoms with van der Waals surface area (Å²) < 4.78 is 11.3. The molecule has 0 saturated carbocycles. The zero-order chi connectivity index (χ0) is 20.7. The van der Waals surface area contributed by atoms with Gasteiger partial charge in [-0.05, 0) is 52.3 Å². The SMILES string of the molecule is COc1cc2c(cc1OC)[C@H](C)C[C@@H]1[C@@H]2c2ccccc2CN1Cc1ccccc1.Cl. The van der Waals surface area contributed by atoms with Gasteiger partial charge in [0.2, 0.25) is 0 Å². The smallest absolute Gasteiger partial charge is 0.161 e. The Morgan fingerprint density at radius 1 is 0.839 bits per heavy atom. The highest BCUT2D eigenvalue weighted by atomic mass is 35.5. The predicted octanol–water partition coefficient (Wildman–Crippen LogP) is 6.15. The molecule has 3 nitrogen and oxygen atoms in total. The van der Waals surface area contributed by atoms with Crippen LogP contribution < -0.4 is 9.47 Å². The molecule has 0 aromatic heterocycles. The van der Waals surface area contributed by atoms with Crippen molar-refractivity contribution in [1.29, 1.82) is 0 Å². The molecule has 0 fully saturated rings. The number of nitrogens with zero attached hydrogens (tertiary/aromatic N) is 1. The van der Waals surface area contributed by atoms with Crippen molar-refractivity contribution in [2.45, 2.75) is 44.3 Å². The molecule has 3 aromatic rings. The van der Waals surface area contributed by atoms with E-state index in [1.807, 2.05) is 0 Å². The van der Waals surface area contributed by atoms with Crippen molar-refractivity contribution < 1.29 is 9.47 Å². The second-order valence-electron chi connectivity index (χ2n) is 8.61. The molecule has 0 N–H and O–H groups in total. The van der Waals surface area contributed by atoms with Crippen LogP contribution in [0.25, 0.3) is 0 Å². The van der Waals surface area contributed by atoms with E-state index in [9.17, 15) is 0 Å². The standard InChI is InChI=1S/C27H29NO2.ClH/c1-18-13-24-27(23-15-26(30-3)25(29-2)14-22(18)23)21-12-8-7-11-20(21)17-28(24)16-19-9-5-4-6-10-19;/h4-12,14-15,18,24,27H,13,16-17H2,1-3H3;1H/t18-,24-,27-;/m1./s1. The largest absolute Gasteiger partial charge is 0.493 e. The molecule has 3 atom stereocenters. The van der Waals surface area contributed by atoms with Crippen LogP contribution in [0.2, 0.25) is 0 Å². The minimum atomic E-state index is 0. The maximum Gasteiger partial charge on any atom is 0.161 e. The Hall–Kier alpha value is -2.49. The first-order valence-corrected chi connectivity index (χ1v) is 10.8. The molecule has 0 unspecified atom stereocenters. The van der Waals surface area contributed by atoms with Gasteiger partial charge in [-0.3, -0.25) is 4.90 Å². The molecule has 2 aliphatic rings. The number of benzene rings is 3. The molecule has 0 bridgehead atoms. The van der Waals surface area contributed by atoms with Gasteiger partial charge in [0.05, 0.1) is 14.2 Å². The van der Waals surface area contributed by atoms with Crippen LogP contribution in [-0.4, -0.2) is 25.2 Å². The van der Waals surface area contributed by atoms with Crippen LogP contribution in [-0.2, 0) is 13.1 Å². The average Bonchev–Trinajstić information content (AvgIpc) is 2.79. The topological polar surface area (TPSA) is 21.7 Å². The highest BCUT2D eigenvalue weighted by Gasteiger charge is 2.42. The Kier molecular flexibility index (Phi) is 6.27. The van der Waals surface area contributed by atoms with E-state index in [0.717, 1.165) is 31.0 Å². The van der Waals surface area contributed by atoms with Gasteiger partial charge in [-0.2, -0.15) is 0 Å². The number of hydrogen-bond donors (Lipinski definition) is 0. The first kappa shape index (κ1) is 21.7. The maximum atomic E-state index is 5.69.